The van der Waals surface area contributed by atoms with Gasteiger partial charge in [0.1, 0.15) is 23.4 Å². The summed E-state index contributed by atoms with van der Waals surface area (Å²) in [6.45, 7) is 8.74. The van der Waals surface area contributed by atoms with Gasteiger partial charge in [0.25, 0.3) is 0 Å². The Labute approximate surface area is 195 Å². The maximum atomic E-state index is 7.34. The van der Waals surface area contributed by atoms with E-state index in [-0.39, 0.29) is 6.04 Å². The van der Waals surface area contributed by atoms with Crippen LogP contribution in [0.25, 0.3) is 44.4 Å². The minimum Gasteiger partial charge on any atom is -0.497 e. The molecule has 34 heavy (non-hydrogen) atoms. The van der Waals surface area contributed by atoms with E-state index < -0.39 is 0 Å². The highest BCUT2D eigenvalue weighted by atomic mass is 16.5. The summed E-state index contributed by atoms with van der Waals surface area (Å²) < 4.78 is 15.1. The third kappa shape index (κ3) is 3.36. The van der Waals surface area contributed by atoms with E-state index in [4.69, 9.17) is 26.0 Å². The van der Waals surface area contributed by atoms with Crippen LogP contribution in [0.4, 0.5) is 5.69 Å². The van der Waals surface area contributed by atoms with Crippen molar-refractivity contribution in [1.82, 2.24) is 29.1 Å². The van der Waals surface area contributed by atoms with Gasteiger partial charge < -0.3 is 14.0 Å². The second-order valence-electron chi connectivity index (χ2n) is 8.16. The Bertz CT molecular complexity index is 1560. The summed E-state index contributed by atoms with van der Waals surface area (Å²) >= 11 is 0. The van der Waals surface area contributed by atoms with Crippen molar-refractivity contribution in [2.24, 2.45) is 0 Å². The van der Waals surface area contributed by atoms with Gasteiger partial charge in [0.15, 0.2) is 11.3 Å². The lowest BCUT2D eigenvalue weighted by atomic mass is 10.1. The SMILES string of the molecule is [C-]#[N+]c1ccc2ncn(-c3ncc4nc(-c5cccc(OC)c5)n(C5CCOCC5)c4n3)c2c1. The van der Waals surface area contributed by atoms with Crippen molar-refractivity contribution in [3.8, 4) is 23.1 Å². The van der Waals surface area contributed by atoms with Crippen molar-refractivity contribution in [3.63, 3.8) is 0 Å². The standard InChI is InChI=1S/C25H21N7O2/c1-26-17-6-7-20-22(13-17)31(15-28-20)25-27-14-21-24(30-25)32(18-8-10-34-11-9-18)23(29-21)16-4-3-5-19(12-16)33-2/h3-7,12-15,18H,8-11H2,2H3. The number of aromatic nitrogens is 6. The van der Waals surface area contributed by atoms with Crippen molar-refractivity contribution < 1.29 is 9.47 Å². The van der Waals surface area contributed by atoms with E-state index in [1.54, 1.807) is 31.8 Å². The molecule has 9 heteroatoms. The number of rotatable bonds is 4. The van der Waals surface area contributed by atoms with E-state index in [0.29, 0.717) is 24.8 Å². The van der Waals surface area contributed by atoms with Gasteiger partial charge in [-0.15, -0.1) is 0 Å². The Morgan fingerprint density at radius 1 is 1.06 bits per heavy atom. The molecule has 1 saturated heterocycles. The first-order valence-electron chi connectivity index (χ1n) is 11.1. The normalized spacial score (nSPS) is 14.5. The quantitative estimate of drug-likeness (QED) is 0.367. The third-order valence-electron chi connectivity index (χ3n) is 6.18. The number of ether oxygens (including phenoxy) is 2. The minimum atomic E-state index is 0.205. The van der Waals surface area contributed by atoms with E-state index in [2.05, 4.69) is 19.4 Å². The molecule has 0 N–H and O–H groups in total. The number of methoxy groups -OCH3 is 1. The highest BCUT2D eigenvalue weighted by molar-refractivity contribution is 5.82. The maximum absolute atomic E-state index is 7.34. The molecule has 6 rings (SSSR count). The van der Waals surface area contributed by atoms with Gasteiger partial charge in [-0.25, -0.2) is 19.8 Å². The molecule has 0 radical (unpaired) electrons. The van der Waals surface area contributed by atoms with E-state index in [1.807, 2.05) is 34.9 Å². The van der Waals surface area contributed by atoms with E-state index in [9.17, 15) is 0 Å². The number of hydrogen-bond donors (Lipinski definition) is 0. The zero-order valence-corrected chi connectivity index (χ0v) is 18.5. The topological polar surface area (TPSA) is 84.2 Å². The van der Waals surface area contributed by atoms with E-state index in [0.717, 1.165) is 52.2 Å². The molecule has 168 valence electrons. The molecule has 0 atom stereocenters. The van der Waals surface area contributed by atoms with Crippen molar-refractivity contribution in [2.45, 2.75) is 18.9 Å². The Kier molecular flexibility index (Phi) is 4.93. The number of imidazole rings is 2. The van der Waals surface area contributed by atoms with Crippen LogP contribution in [0, 0.1) is 6.57 Å². The molecule has 0 saturated carbocycles. The van der Waals surface area contributed by atoms with Gasteiger partial charge >= 0.3 is 0 Å². The van der Waals surface area contributed by atoms with Crippen LogP contribution in [0.3, 0.4) is 0 Å². The molecule has 3 aromatic heterocycles. The van der Waals surface area contributed by atoms with Crippen LogP contribution in [0.15, 0.2) is 55.0 Å². The molecule has 0 amide bonds. The molecule has 9 nitrogen and oxygen atoms in total. The van der Waals surface area contributed by atoms with Gasteiger partial charge in [-0.3, -0.25) is 4.57 Å². The molecule has 5 aromatic rings. The molecule has 0 unspecified atom stereocenters. The Morgan fingerprint density at radius 3 is 2.76 bits per heavy atom. The van der Waals surface area contributed by atoms with Crippen molar-refractivity contribution in [3.05, 3.63) is 66.4 Å². The third-order valence-corrected chi connectivity index (χ3v) is 6.18. The predicted octanol–water partition coefficient (Wildman–Crippen LogP) is 4.74. The Balaban J connectivity index is 1.56. The molecule has 4 heterocycles. The fourth-order valence-electron chi connectivity index (χ4n) is 4.48. The first kappa shape index (κ1) is 20.3. The lowest BCUT2D eigenvalue weighted by molar-refractivity contribution is 0.0708. The molecule has 0 aliphatic carbocycles. The average Bonchev–Trinajstić information content (AvgIpc) is 3.50. The van der Waals surface area contributed by atoms with Crippen LogP contribution in [0.1, 0.15) is 18.9 Å². The van der Waals surface area contributed by atoms with Gasteiger partial charge in [0, 0.05) is 24.8 Å². The van der Waals surface area contributed by atoms with Crippen molar-refractivity contribution in [1.29, 1.82) is 0 Å². The fourth-order valence-corrected chi connectivity index (χ4v) is 4.48. The van der Waals surface area contributed by atoms with Crippen LogP contribution in [0.5, 0.6) is 5.75 Å². The van der Waals surface area contributed by atoms with E-state index in [1.165, 1.54) is 0 Å². The van der Waals surface area contributed by atoms with E-state index >= 15 is 0 Å². The molecule has 0 bridgehead atoms. The lowest BCUT2D eigenvalue weighted by Crippen LogP contribution is -2.20. The Hall–Kier alpha value is -4.29. The summed E-state index contributed by atoms with van der Waals surface area (Å²) in [6.07, 6.45) is 5.20. The van der Waals surface area contributed by atoms with Crippen LogP contribution < -0.4 is 4.74 Å². The van der Waals surface area contributed by atoms with Crippen molar-refractivity contribution in [2.75, 3.05) is 20.3 Å². The van der Waals surface area contributed by atoms with Gasteiger partial charge in [0.2, 0.25) is 5.95 Å². The zero-order chi connectivity index (χ0) is 23.1. The number of benzene rings is 2. The highest BCUT2D eigenvalue weighted by Crippen LogP contribution is 2.33. The number of nitrogens with zero attached hydrogens (tertiary/aromatic N) is 7. The van der Waals surface area contributed by atoms with Gasteiger partial charge in [-0.05, 0) is 37.1 Å². The number of fused-ring (bicyclic) bond motifs is 2. The van der Waals surface area contributed by atoms with Gasteiger partial charge in [-0.2, -0.15) is 4.98 Å². The van der Waals surface area contributed by atoms with Gasteiger partial charge in [0.05, 0.1) is 30.9 Å². The van der Waals surface area contributed by atoms with Crippen LogP contribution in [0.2, 0.25) is 0 Å². The van der Waals surface area contributed by atoms with Crippen LogP contribution in [-0.4, -0.2) is 49.4 Å². The summed E-state index contributed by atoms with van der Waals surface area (Å²) in [5.74, 6) is 2.09. The summed E-state index contributed by atoms with van der Waals surface area (Å²) in [4.78, 5) is 22.5. The van der Waals surface area contributed by atoms with Crippen LogP contribution in [-0.2, 0) is 4.74 Å². The average molecular weight is 451 g/mol. The summed E-state index contributed by atoms with van der Waals surface area (Å²) in [5.41, 5.74) is 4.56. The maximum Gasteiger partial charge on any atom is 0.237 e. The first-order valence-corrected chi connectivity index (χ1v) is 11.1. The zero-order valence-electron chi connectivity index (χ0n) is 18.5. The molecule has 1 aliphatic rings. The lowest BCUT2D eigenvalue weighted by Gasteiger charge is -2.25. The summed E-state index contributed by atoms with van der Waals surface area (Å²) in [6, 6.07) is 13.5. The molecule has 1 fully saturated rings. The monoisotopic (exact) mass is 451 g/mol. The second-order valence-corrected chi connectivity index (χ2v) is 8.16. The summed E-state index contributed by atoms with van der Waals surface area (Å²) in [7, 11) is 1.66. The van der Waals surface area contributed by atoms with Gasteiger partial charge in [-0.1, -0.05) is 18.2 Å². The number of hydrogen-bond acceptors (Lipinski definition) is 6. The molecule has 1 aliphatic heterocycles. The molecular formula is C25H21N7O2. The highest BCUT2D eigenvalue weighted by Gasteiger charge is 2.24. The predicted molar refractivity (Wildman–Crippen MR) is 127 cm³/mol. The molecule has 0 spiro atoms. The smallest absolute Gasteiger partial charge is 0.237 e. The van der Waals surface area contributed by atoms with Crippen LogP contribution >= 0.6 is 0 Å². The first-order chi connectivity index (χ1) is 16.7. The fraction of sp³-hybridized carbons (Fsp3) is 0.240. The Morgan fingerprint density at radius 2 is 1.94 bits per heavy atom. The molecule has 2 aromatic carbocycles. The minimum absolute atomic E-state index is 0.205. The second kappa shape index (κ2) is 8.24. The summed E-state index contributed by atoms with van der Waals surface area (Å²) in [5, 5.41) is 0. The van der Waals surface area contributed by atoms with Crippen molar-refractivity contribution >= 4 is 27.9 Å². The largest absolute Gasteiger partial charge is 0.497 e. The molecular weight excluding hydrogens is 430 g/mol.